The Morgan fingerprint density at radius 1 is 1.03 bits per heavy atom. The van der Waals surface area contributed by atoms with Crippen molar-refractivity contribution in [3.63, 3.8) is 0 Å². The highest BCUT2D eigenvalue weighted by Gasteiger charge is 2.26. The summed E-state index contributed by atoms with van der Waals surface area (Å²) in [5.41, 5.74) is 6.90. The summed E-state index contributed by atoms with van der Waals surface area (Å²) in [4.78, 5) is 23.3. The average Bonchev–Trinajstić information content (AvgIpc) is 3.59. The molecule has 3 heterocycles. The number of nitrogens with zero attached hydrogens (tertiary/aromatic N) is 3. The molecule has 0 N–H and O–H groups in total. The van der Waals surface area contributed by atoms with Crippen molar-refractivity contribution in [1.29, 1.82) is 0 Å². The van der Waals surface area contributed by atoms with Crippen LogP contribution in [0.15, 0.2) is 42.5 Å². The molecule has 1 aromatic heterocycles. The molecule has 2 aromatic carbocycles. The van der Waals surface area contributed by atoms with Gasteiger partial charge < -0.3 is 19.3 Å². The zero-order valence-electron chi connectivity index (χ0n) is 21.2. The first-order valence-corrected chi connectivity index (χ1v) is 13.4. The van der Waals surface area contributed by atoms with E-state index in [1.54, 1.807) is 0 Å². The number of benzene rings is 2. The average molecular weight is 486 g/mol. The molecule has 6 heteroatoms. The highest BCUT2D eigenvalue weighted by molar-refractivity contribution is 5.94. The molecule has 1 aliphatic carbocycles. The standard InChI is InChI=1S/C30H35N3O3/c1-21-7-9-22(10-8-21)30(34)33(20-27-6-3-13-36-27)19-26-17-25-16-23-4-2-5-24(23)18-28(25)31-29(26)32-11-14-35-15-12-32/h7-10,16-18,27H,2-6,11-15,19-20H2,1H3. The summed E-state index contributed by atoms with van der Waals surface area (Å²) >= 11 is 0. The predicted molar refractivity (Wildman–Crippen MR) is 142 cm³/mol. The number of aryl methyl sites for hydroxylation is 3. The Morgan fingerprint density at radius 3 is 2.56 bits per heavy atom. The van der Waals surface area contributed by atoms with E-state index in [4.69, 9.17) is 14.5 Å². The van der Waals surface area contributed by atoms with Gasteiger partial charge in [0, 0.05) is 49.3 Å². The van der Waals surface area contributed by atoms with E-state index in [0.29, 0.717) is 26.3 Å². The van der Waals surface area contributed by atoms with Gasteiger partial charge >= 0.3 is 0 Å². The maximum atomic E-state index is 13.8. The van der Waals surface area contributed by atoms with Crippen molar-refractivity contribution in [1.82, 2.24) is 9.88 Å². The van der Waals surface area contributed by atoms with Crippen molar-refractivity contribution < 1.29 is 14.3 Å². The first-order chi connectivity index (χ1) is 17.6. The topological polar surface area (TPSA) is 54.9 Å². The van der Waals surface area contributed by atoms with Gasteiger partial charge in [-0.05, 0) is 80.5 Å². The summed E-state index contributed by atoms with van der Waals surface area (Å²) in [6, 6.07) is 14.8. The Balaban J connectivity index is 1.39. The molecule has 1 unspecified atom stereocenters. The maximum Gasteiger partial charge on any atom is 0.254 e. The second kappa shape index (κ2) is 10.2. The molecule has 6 rings (SSSR count). The Hall–Kier alpha value is -2.96. The Labute approximate surface area is 213 Å². The van der Waals surface area contributed by atoms with E-state index in [2.05, 4.69) is 23.1 Å². The zero-order chi connectivity index (χ0) is 24.5. The molecule has 0 saturated carbocycles. The predicted octanol–water partition coefficient (Wildman–Crippen LogP) is 4.69. The molecule has 2 fully saturated rings. The summed E-state index contributed by atoms with van der Waals surface area (Å²) in [5.74, 6) is 1.03. The molecule has 1 atom stereocenters. The van der Waals surface area contributed by atoms with E-state index in [-0.39, 0.29) is 12.0 Å². The monoisotopic (exact) mass is 485 g/mol. The summed E-state index contributed by atoms with van der Waals surface area (Å²) in [7, 11) is 0. The van der Waals surface area contributed by atoms with E-state index in [1.807, 2.05) is 36.1 Å². The number of ether oxygens (including phenoxy) is 2. The Morgan fingerprint density at radius 2 is 1.81 bits per heavy atom. The van der Waals surface area contributed by atoms with E-state index in [9.17, 15) is 4.79 Å². The van der Waals surface area contributed by atoms with E-state index < -0.39 is 0 Å². The Bertz CT molecular complexity index is 1240. The first kappa shape index (κ1) is 23.4. The summed E-state index contributed by atoms with van der Waals surface area (Å²) < 4.78 is 11.6. The molecule has 36 heavy (non-hydrogen) atoms. The van der Waals surface area contributed by atoms with Crippen LogP contribution in [0.2, 0.25) is 0 Å². The van der Waals surface area contributed by atoms with Crippen LogP contribution in [0.1, 0.15) is 51.9 Å². The van der Waals surface area contributed by atoms with Gasteiger partial charge in [0.05, 0.1) is 24.8 Å². The van der Waals surface area contributed by atoms with Crippen LogP contribution in [-0.2, 0) is 28.9 Å². The summed E-state index contributed by atoms with van der Waals surface area (Å²) in [5, 5.41) is 1.17. The second-order valence-electron chi connectivity index (χ2n) is 10.4. The lowest BCUT2D eigenvalue weighted by Crippen LogP contribution is -2.40. The largest absolute Gasteiger partial charge is 0.378 e. The second-order valence-corrected chi connectivity index (χ2v) is 10.4. The lowest BCUT2D eigenvalue weighted by Gasteiger charge is -2.32. The van der Waals surface area contributed by atoms with Gasteiger partial charge in [0.1, 0.15) is 5.82 Å². The van der Waals surface area contributed by atoms with Gasteiger partial charge in [-0.1, -0.05) is 17.7 Å². The number of fused-ring (bicyclic) bond motifs is 2. The van der Waals surface area contributed by atoms with Crippen LogP contribution < -0.4 is 4.90 Å². The van der Waals surface area contributed by atoms with Crippen LogP contribution in [0.5, 0.6) is 0 Å². The third-order valence-electron chi connectivity index (χ3n) is 7.79. The van der Waals surface area contributed by atoms with Crippen LogP contribution in [0.3, 0.4) is 0 Å². The molecule has 6 nitrogen and oxygen atoms in total. The van der Waals surface area contributed by atoms with Crippen molar-refractivity contribution in [3.8, 4) is 0 Å². The smallest absolute Gasteiger partial charge is 0.254 e. The highest BCUT2D eigenvalue weighted by Crippen LogP contribution is 2.31. The number of amides is 1. The first-order valence-electron chi connectivity index (χ1n) is 13.4. The molecule has 0 spiro atoms. The Kier molecular flexibility index (Phi) is 6.63. The molecule has 3 aliphatic rings. The van der Waals surface area contributed by atoms with E-state index in [0.717, 1.165) is 73.4 Å². The van der Waals surface area contributed by atoms with Crippen molar-refractivity contribution in [2.24, 2.45) is 0 Å². The summed E-state index contributed by atoms with van der Waals surface area (Å²) in [6.07, 6.45) is 5.64. The molecule has 0 bridgehead atoms. The van der Waals surface area contributed by atoms with Crippen LogP contribution in [0.25, 0.3) is 10.9 Å². The minimum atomic E-state index is 0.0486. The number of morpholine rings is 1. The van der Waals surface area contributed by atoms with Crippen molar-refractivity contribution >= 4 is 22.6 Å². The van der Waals surface area contributed by atoms with Gasteiger partial charge in [0.25, 0.3) is 5.91 Å². The number of rotatable bonds is 6. The fraction of sp³-hybridized carbons (Fsp3) is 0.467. The van der Waals surface area contributed by atoms with Crippen LogP contribution in [0.4, 0.5) is 5.82 Å². The number of aromatic nitrogens is 1. The minimum absolute atomic E-state index is 0.0486. The molecular weight excluding hydrogens is 450 g/mol. The van der Waals surface area contributed by atoms with Gasteiger partial charge in [0.15, 0.2) is 0 Å². The normalized spacial score (nSPS) is 19.6. The lowest BCUT2D eigenvalue weighted by atomic mass is 10.0. The van der Waals surface area contributed by atoms with Gasteiger partial charge in [-0.3, -0.25) is 4.79 Å². The van der Waals surface area contributed by atoms with Crippen molar-refractivity contribution in [2.75, 3.05) is 44.4 Å². The van der Waals surface area contributed by atoms with Crippen LogP contribution in [0, 0.1) is 6.92 Å². The fourth-order valence-electron chi connectivity index (χ4n) is 5.78. The van der Waals surface area contributed by atoms with Crippen LogP contribution >= 0.6 is 0 Å². The van der Waals surface area contributed by atoms with Gasteiger partial charge in [-0.15, -0.1) is 0 Å². The number of anilines is 1. The van der Waals surface area contributed by atoms with E-state index >= 15 is 0 Å². The zero-order valence-corrected chi connectivity index (χ0v) is 21.2. The molecule has 1 amide bonds. The van der Waals surface area contributed by atoms with Gasteiger partial charge in [-0.25, -0.2) is 4.98 Å². The van der Waals surface area contributed by atoms with E-state index in [1.165, 1.54) is 22.9 Å². The highest BCUT2D eigenvalue weighted by atomic mass is 16.5. The molecule has 2 aliphatic heterocycles. The molecule has 2 saturated heterocycles. The number of pyridine rings is 1. The van der Waals surface area contributed by atoms with Gasteiger partial charge in [-0.2, -0.15) is 0 Å². The summed E-state index contributed by atoms with van der Waals surface area (Å²) in [6.45, 7) is 6.96. The molecule has 3 aromatic rings. The molecule has 0 radical (unpaired) electrons. The minimum Gasteiger partial charge on any atom is -0.378 e. The lowest BCUT2D eigenvalue weighted by molar-refractivity contribution is 0.0507. The SMILES string of the molecule is Cc1ccc(C(=O)N(Cc2cc3cc4c(cc3nc2N2CCOCC2)CCC4)CC2CCCO2)cc1. The fourth-order valence-corrected chi connectivity index (χ4v) is 5.78. The third-order valence-corrected chi connectivity index (χ3v) is 7.79. The van der Waals surface area contributed by atoms with Gasteiger partial charge in [0.2, 0.25) is 0 Å². The maximum absolute atomic E-state index is 13.8. The molecular formula is C30H35N3O3. The third kappa shape index (κ3) is 4.84. The van der Waals surface area contributed by atoms with Crippen LogP contribution in [-0.4, -0.2) is 61.3 Å². The molecule has 188 valence electrons. The van der Waals surface area contributed by atoms with Crippen molar-refractivity contribution in [2.45, 2.75) is 51.7 Å². The quantitative estimate of drug-likeness (QED) is 0.507. The number of hydrogen-bond donors (Lipinski definition) is 0. The number of carbonyl (C=O) groups is 1. The number of hydrogen-bond acceptors (Lipinski definition) is 5. The van der Waals surface area contributed by atoms with Crippen molar-refractivity contribution in [3.05, 3.63) is 70.3 Å². The number of carbonyl (C=O) groups excluding carboxylic acids is 1.